The van der Waals surface area contributed by atoms with Gasteiger partial charge in [-0.25, -0.2) is 0 Å². The van der Waals surface area contributed by atoms with Crippen molar-refractivity contribution in [2.24, 2.45) is 0 Å². The van der Waals surface area contributed by atoms with E-state index in [-0.39, 0.29) is 11.4 Å². The van der Waals surface area contributed by atoms with E-state index < -0.39 is 0 Å². The monoisotopic (exact) mass is 425 g/mol. The van der Waals surface area contributed by atoms with E-state index in [9.17, 15) is 4.79 Å². The fourth-order valence-electron chi connectivity index (χ4n) is 4.91. The standard InChI is InChI=1S/C22H34ClN3O3/c1-25(15-18-14-19(23)6-7-20(18)28-2)16-21(27)24-17-22(8-4-3-5-9-22)26-10-12-29-13-11-26/h6-7,14H,3-5,8-13,15-17H2,1-2H3,(H,24,27)/p+2. The van der Waals surface area contributed by atoms with Crippen LogP contribution in [0.25, 0.3) is 0 Å². The van der Waals surface area contributed by atoms with Crippen molar-refractivity contribution in [3.05, 3.63) is 28.8 Å². The van der Waals surface area contributed by atoms with Gasteiger partial charge < -0.3 is 24.6 Å². The molecule has 0 radical (unpaired) electrons. The average Bonchev–Trinajstić information content (AvgIpc) is 2.74. The summed E-state index contributed by atoms with van der Waals surface area (Å²) in [5, 5.41) is 3.95. The molecule has 1 saturated heterocycles. The van der Waals surface area contributed by atoms with Crippen LogP contribution in [0.1, 0.15) is 37.7 Å². The molecule has 1 atom stereocenters. The van der Waals surface area contributed by atoms with E-state index in [0.717, 1.165) is 49.1 Å². The van der Waals surface area contributed by atoms with Crippen LogP contribution in [-0.4, -0.2) is 65.0 Å². The van der Waals surface area contributed by atoms with Crippen molar-refractivity contribution in [1.29, 1.82) is 0 Å². The lowest BCUT2D eigenvalue weighted by Crippen LogP contribution is -3.23. The van der Waals surface area contributed by atoms with E-state index in [4.69, 9.17) is 21.1 Å². The van der Waals surface area contributed by atoms with Crippen molar-refractivity contribution >= 4 is 17.5 Å². The number of methoxy groups -OCH3 is 1. The largest absolute Gasteiger partial charge is 0.496 e. The molecule has 1 heterocycles. The maximum absolute atomic E-state index is 12.7. The van der Waals surface area contributed by atoms with E-state index in [1.54, 1.807) is 12.0 Å². The minimum absolute atomic E-state index is 0.112. The first kappa shape index (κ1) is 22.3. The first-order valence-corrected chi connectivity index (χ1v) is 11.2. The molecule has 0 bridgehead atoms. The molecule has 162 valence electrons. The zero-order valence-corrected chi connectivity index (χ0v) is 18.6. The third kappa shape index (κ3) is 6.07. The van der Waals surface area contributed by atoms with Crippen molar-refractivity contribution in [1.82, 2.24) is 5.32 Å². The van der Waals surface area contributed by atoms with Gasteiger partial charge in [-0.3, -0.25) is 4.79 Å². The highest BCUT2D eigenvalue weighted by molar-refractivity contribution is 6.30. The van der Waals surface area contributed by atoms with Crippen molar-refractivity contribution in [3.63, 3.8) is 0 Å². The lowest BCUT2D eigenvalue weighted by Gasteiger charge is -2.45. The van der Waals surface area contributed by atoms with Crippen LogP contribution < -0.4 is 19.9 Å². The van der Waals surface area contributed by atoms with E-state index in [2.05, 4.69) is 5.32 Å². The Morgan fingerprint density at radius 3 is 2.69 bits per heavy atom. The van der Waals surface area contributed by atoms with Gasteiger partial charge >= 0.3 is 0 Å². The zero-order valence-electron chi connectivity index (χ0n) is 17.8. The first-order chi connectivity index (χ1) is 14.0. The maximum atomic E-state index is 12.7. The summed E-state index contributed by atoms with van der Waals surface area (Å²) in [6, 6.07) is 5.62. The minimum atomic E-state index is 0.112. The Morgan fingerprint density at radius 1 is 1.28 bits per heavy atom. The average molecular weight is 426 g/mol. The van der Waals surface area contributed by atoms with Crippen LogP contribution in [0, 0.1) is 0 Å². The number of rotatable bonds is 8. The summed E-state index contributed by atoms with van der Waals surface area (Å²) < 4.78 is 11.0. The second-order valence-electron chi connectivity index (χ2n) is 8.60. The first-order valence-electron chi connectivity index (χ1n) is 10.9. The summed E-state index contributed by atoms with van der Waals surface area (Å²) in [5.41, 5.74) is 1.20. The molecule has 2 aliphatic rings. The number of nitrogens with one attached hydrogen (secondary N) is 3. The predicted octanol–water partition coefficient (Wildman–Crippen LogP) is 0.0975. The number of carbonyl (C=O) groups is 1. The fourth-order valence-corrected chi connectivity index (χ4v) is 5.10. The number of hydrogen-bond acceptors (Lipinski definition) is 3. The number of benzene rings is 1. The Kier molecular flexibility index (Phi) is 8.18. The SMILES string of the molecule is COc1ccc(Cl)cc1C[NH+](C)CC(=O)NCC1([NH+]2CCOCC2)CCCCC1. The molecule has 6 nitrogen and oxygen atoms in total. The molecule has 1 aliphatic carbocycles. The van der Waals surface area contributed by atoms with Crippen molar-refractivity contribution in [3.8, 4) is 5.75 Å². The molecule has 1 saturated carbocycles. The van der Waals surface area contributed by atoms with E-state index >= 15 is 0 Å². The molecule has 1 aromatic carbocycles. The van der Waals surface area contributed by atoms with E-state index in [1.807, 2.05) is 25.2 Å². The number of carbonyl (C=O) groups excluding carboxylic acids is 1. The molecule has 0 aromatic heterocycles. The predicted molar refractivity (Wildman–Crippen MR) is 114 cm³/mol. The van der Waals surface area contributed by atoms with Gasteiger partial charge in [-0.1, -0.05) is 18.0 Å². The Labute approximate surface area is 179 Å². The number of ether oxygens (including phenoxy) is 2. The topological polar surface area (TPSA) is 56.4 Å². The van der Waals surface area contributed by atoms with Crippen LogP contribution in [0.4, 0.5) is 0 Å². The number of quaternary nitrogens is 2. The molecule has 2 fully saturated rings. The van der Waals surface area contributed by atoms with Gasteiger partial charge in [0.15, 0.2) is 6.54 Å². The van der Waals surface area contributed by atoms with Gasteiger partial charge in [-0.15, -0.1) is 0 Å². The molecule has 1 amide bonds. The van der Waals surface area contributed by atoms with Crippen LogP contribution in [-0.2, 0) is 16.1 Å². The second kappa shape index (κ2) is 10.6. The van der Waals surface area contributed by atoms with E-state index in [1.165, 1.54) is 32.1 Å². The molecule has 3 N–H and O–H groups in total. The van der Waals surface area contributed by atoms with Crippen molar-refractivity contribution < 1.29 is 24.1 Å². The van der Waals surface area contributed by atoms with Gasteiger partial charge in [0.25, 0.3) is 5.91 Å². The Morgan fingerprint density at radius 2 is 2.00 bits per heavy atom. The number of amides is 1. The molecule has 7 heteroatoms. The van der Waals surface area contributed by atoms with Gasteiger partial charge in [0, 0.05) is 23.4 Å². The van der Waals surface area contributed by atoms with Gasteiger partial charge in [0.1, 0.15) is 30.9 Å². The molecular weight excluding hydrogens is 390 g/mol. The lowest BCUT2D eigenvalue weighted by molar-refractivity contribution is -0.960. The molecule has 3 rings (SSSR count). The van der Waals surface area contributed by atoms with Crippen LogP contribution in [0.15, 0.2) is 18.2 Å². The van der Waals surface area contributed by atoms with Crippen molar-refractivity contribution in [2.75, 3.05) is 53.6 Å². The molecule has 1 unspecified atom stereocenters. The highest BCUT2D eigenvalue weighted by atomic mass is 35.5. The number of halogens is 1. The van der Waals surface area contributed by atoms with Crippen LogP contribution in [0.2, 0.25) is 5.02 Å². The summed E-state index contributed by atoms with van der Waals surface area (Å²) in [4.78, 5) is 15.4. The fraction of sp³-hybridized carbons (Fsp3) is 0.682. The van der Waals surface area contributed by atoms with Crippen molar-refractivity contribution in [2.45, 2.75) is 44.2 Å². The normalized spacial score (nSPS) is 20.8. The van der Waals surface area contributed by atoms with Gasteiger partial charge in [0.2, 0.25) is 0 Å². The smallest absolute Gasteiger partial charge is 0.275 e. The Hall–Kier alpha value is -1.34. The highest BCUT2D eigenvalue weighted by Crippen LogP contribution is 2.25. The summed E-state index contributed by atoms with van der Waals surface area (Å²) in [5.74, 6) is 0.923. The highest BCUT2D eigenvalue weighted by Gasteiger charge is 2.42. The Balaban J connectivity index is 1.54. The Bertz CT molecular complexity index is 673. The van der Waals surface area contributed by atoms with Gasteiger partial charge in [-0.2, -0.15) is 0 Å². The van der Waals surface area contributed by atoms with Crippen LogP contribution in [0.5, 0.6) is 5.75 Å². The third-order valence-electron chi connectivity index (χ3n) is 6.48. The molecule has 0 spiro atoms. The number of likely N-dealkylation sites (N-methyl/N-ethyl adjacent to an activating group) is 1. The molecule has 1 aromatic rings. The zero-order chi connectivity index (χ0) is 20.7. The number of morpholine rings is 1. The summed E-state index contributed by atoms with van der Waals surface area (Å²) in [6.07, 6.45) is 6.24. The minimum Gasteiger partial charge on any atom is -0.496 e. The van der Waals surface area contributed by atoms with Crippen LogP contribution in [0.3, 0.4) is 0 Å². The quantitative estimate of drug-likeness (QED) is 0.553. The summed E-state index contributed by atoms with van der Waals surface area (Å²) in [7, 11) is 3.69. The molecule has 29 heavy (non-hydrogen) atoms. The van der Waals surface area contributed by atoms with Gasteiger partial charge in [-0.05, 0) is 31.0 Å². The summed E-state index contributed by atoms with van der Waals surface area (Å²) in [6.45, 7) is 5.67. The summed E-state index contributed by atoms with van der Waals surface area (Å²) >= 11 is 6.13. The maximum Gasteiger partial charge on any atom is 0.275 e. The number of hydrogen-bond donors (Lipinski definition) is 3. The van der Waals surface area contributed by atoms with Crippen LogP contribution >= 0.6 is 11.6 Å². The van der Waals surface area contributed by atoms with Gasteiger partial charge in [0.05, 0.1) is 33.9 Å². The lowest BCUT2D eigenvalue weighted by atomic mass is 9.79. The molecule has 1 aliphatic heterocycles. The third-order valence-corrected chi connectivity index (χ3v) is 6.71. The van der Waals surface area contributed by atoms with E-state index in [0.29, 0.717) is 18.1 Å². The second-order valence-corrected chi connectivity index (χ2v) is 9.04. The molecular formula is C22H36ClN3O3+2.